The molecular formula is C19H25ClN6O. The van der Waals surface area contributed by atoms with Gasteiger partial charge < -0.3 is 5.32 Å². The summed E-state index contributed by atoms with van der Waals surface area (Å²) in [5.41, 5.74) is 1.39. The number of carbonyl (C=O) groups is 1. The number of carbonyl (C=O) groups excluding carboxylic acids is 1. The van der Waals surface area contributed by atoms with E-state index >= 15 is 0 Å². The molecule has 27 heavy (non-hydrogen) atoms. The Morgan fingerprint density at radius 2 is 2.07 bits per heavy atom. The molecular weight excluding hydrogens is 364 g/mol. The van der Waals surface area contributed by atoms with Crippen LogP contribution in [0, 0.1) is 24.2 Å². The first-order valence-electron chi connectivity index (χ1n) is 9.84. The summed E-state index contributed by atoms with van der Waals surface area (Å²) in [5.74, 6) is 1.28. The number of amides is 1. The third-order valence-corrected chi connectivity index (χ3v) is 7.29. The van der Waals surface area contributed by atoms with Gasteiger partial charge in [-0.15, -0.1) is 5.10 Å². The molecule has 6 rings (SSSR count). The summed E-state index contributed by atoms with van der Waals surface area (Å²) in [6.45, 7) is 4.86. The molecule has 4 fully saturated rings. The van der Waals surface area contributed by atoms with Gasteiger partial charge in [0.1, 0.15) is 6.33 Å². The van der Waals surface area contributed by atoms with Gasteiger partial charge in [0.25, 0.3) is 0 Å². The summed E-state index contributed by atoms with van der Waals surface area (Å²) in [4.78, 5) is 17.6. The molecule has 0 aliphatic heterocycles. The van der Waals surface area contributed by atoms with E-state index in [1.54, 1.807) is 12.5 Å². The molecule has 1 amide bonds. The number of anilines is 1. The molecule has 4 saturated carbocycles. The minimum Gasteiger partial charge on any atom is -0.323 e. The van der Waals surface area contributed by atoms with Gasteiger partial charge in [-0.05, 0) is 75.8 Å². The van der Waals surface area contributed by atoms with Gasteiger partial charge in [0.15, 0.2) is 0 Å². The number of aromatic nitrogens is 5. The molecule has 2 atom stereocenters. The monoisotopic (exact) mass is 388 g/mol. The maximum absolute atomic E-state index is 13.5. The molecule has 4 aliphatic rings. The number of hydrogen-bond acceptors (Lipinski definition) is 4. The van der Waals surface area contributed by atoms with E-state index in [4.69, 9.17) is 11.6 Å². The minimum absolute atomic E-state index is 0.121. The van der Waals surface area contributed by atoms with Crippen molar-refractivity contribution in [2.75, 3.05) is 5.32 Å². The van der Waals surface area contributed by atoms with Crippen LogP contribution in [0.3, 0.4) is 0 Å². The molecule has 2 unspecified atom stereocenters. The second kappa shape index (κ2) is 5.80. The molecule has 2 aromatic rings. The normalized spacial score (nSPS) is 34.2. The summed E-state index contributed by atoms with van der Waals surface area (Å²) >= 11 is 6.01. The molecule has 2 aromatic heterocycles. The molecule has 7 nitrogen and oxygen atoms in total. The largest absolute Gasteiger partial charge is 0.323 e. The van der Waals surface area contributed by atoms with Crippen molar-refractivity contribution in [3.8, 4) is 0 Å². The molecule has 0 radical (unpaired) electrons. The molecule has 0 spiro atoms. The highest BCUT2D eigenvalue weighted by Crippen LogP contribution is 2.64. The Bertz CT molecular complexity index is 888. The lowest BCUT2D eigenvalue weighted by atomic mass is 9.46. The predicted molar refractivity (Wildman–Crippen MR) is 101 cm³/mol. The van der Waals surface area contributed by atoms with Gasteiger partial charge in [-0.1, -0.05) is 0 Å². The van der Waals surface area contributed by atoms with Crippen LogP contribution in [0.1, 0.15) is 51.1 Å². The smallest absolute Gasteiger partial charge is 0.242 e. The van der Waals surface area contributed by atoms with Crippen LogP contribution in [-0.4, -0.2) is 30.5 Å². The SMILES string of the molecule is CCn1ncc(NC(=O)C23CC4CC(C2)CC(n2cnc(Cl)n2)(C4)C3)c1C. The van der Waals surface area contributed by atoms with E-state index in [1.807, 2.05) is 16.3 Å². The summed E-state index contributed by atoms with van der Waals surface area (Å²) in [7, 11) is 0. The predicted octanol–water partition coefficient (Wildman–Crippen LogP) is 3.39. The van der Waals surface area contributed by atoms with Crippen LogP contribution in [-0.2, 0) is 16.9 Å². The lowest BCUT2D eigenvalue weighted by Gasteiger charge is -2.60. The highest BCUT2D eigenvalue weighted by Gasteiger charge is 2.61. The van der Waals surface area contributed by atoms with Crippen LogP contribution in [0.4, 0.5) is 5.69 Å². The van der Waals surface area contributed by atoms with Crippen molar-refractivity contribution in [1.82, 2.24) is 24.5 Å². The van der Waals surface area contributed by atoms with Crippen LogP contribution in [0.2, 0.25) is 5.28 Å². The molecule has 1 N–H and O–H groups in total. The second-order valence-electron chi connectivity index (χ2n) is 8.84. The van der Waals surface area contributed by atoms with Crippen LogP contribution >= 0.6 is 11.6 Å². The molecule has 4 aliphatic carbocycles. The van der Waals surface area contributed by atoms with Crippen molar-refractivity contribution >= 4 is 23.2 Å². The Balaban J connectivity index is 1.46. The van der Waals surface area contributed by atoms with Gasteiger partial charge in [-0.2, -0.15) is 5.10 Å². The second-order valence-corrected chi connectivity index (χ2v) is 9.18. The zero-order valence-electron chi connectivity index (χ0n) is 15.8. The topological polar surface area (TPSA) is 77.6 Å². The fourth-order valence-corrected chi connectivity index (χ4v) is 6.49. The van der Waals surface area contributed by atoms with Crippen molar-refractivity contribution < 1.29 is 4.79 Å². The van der Waals surface area contributed by atoms with Gasteiger partial charge >= 0.3 is 0 Å². The highest BCUT2D eigenvalue weighted by molar-refractivity contribution is 6.28. The standard InChI is InChI=1S/C19H25ClN6O/c1-3-25-12(2)15(9-22-25)23-16(27)18-5-13-4-14(6-18)8-19(7-13,10-18)26-11-21-17(20)24-26/h9,11,13-14H,3-8,10H2,1-2H3,(H,23,27). The van der Waals surface area contributed by atoms with Crippen molar-refractivity contribution in [3.63, 3.8) is 0 Å². The number of halogens is 1. The van der Waals surface area contributed by atoms with E-state index in [9.17, 15) is 4.79 Å². The maximum Gasteiger partial charge on any atom is 0.242 e. The summed E-state index contributed by atoms with van der Waals surface area (Å²) < 4.78 is 3.86. The van der Waals surface area contributed by atoms with E-state index in [2.05, 4.69) is 27.4 Å². The van der Waals surface area contributed by atoms with Crippen LogP contribution in [0.25, 0.3) is 0 Å². The molecule has 8 heteroatoms. The van der Waals surface area contributed by atoms with Crippen molar-refractivity contribution in [2.24, 2.45) is 17.3 Å². The summed E-state index contributed by atoms with van der Waals surface area (Å²) in [6, 6.07) is 0. The Morgan fingerprint density at radius 3 is 2.67 bits per heavy atom. The number of rotatable bonds is 4. The fraction of sp³-hybridized carbons (Fsp3) is 0.684. The molecule has 0 saturated heterocycles. The Hall–Kier alpha value is -1.89. The zero-order chi connectivity index (χ0) is 18.8. The Morgan fingerprint density at radius 1 is 1.33 bits per heavy atom. The third kappa shape index (κ3) is 2.54. The van der Waals surface area contributed by atoms with Crippen LogP contribution < -0.4 is 5.32 Å². The number of nitrogens with zero attached hydrogens (tertiary/aromatic N) is 5. The number of aryl methyl sites for hydroxylation is 1. The summed E-state index contributed by atoms with van der Waals surface area (Å²) in [5, 5.41) is 12.3. The summed E-state index contributed by atoms with van der Waals surface area (Å²) in [6.07, 6.45) is 9.66. The third-order valence-electron chi connectivity index (χ3n) is 7.11. The molecule has 0 aromatic carbocycles. The first-order valence-corrected chi connectivity index (χ1v) is 10.2. The quantitative estimate of drug-likeness (QED) is 0.870. The minimum atomic E-state index is -0.330. The molecule has 2 heterocycles. The first kappa shape index (κ1) is 17.2. The van der Waals surface area contributed by atoms with E-state index < -0.39 is 0 Å². The Labute approximate surface area is 163 Å². The molecule has 144 valence electrons. The van der Waals surface area contributed by atoms with Crippen molar-refractivity contribution in [1.29, 1.82) is 0 Å². The average Bonchev–Trinajstić information content (AvgIpc) is 3.20. The molecule has 4 bridgehead atoms. The lowest BCUT2D eigenvalue weighted by molar-refractivity contribution is -0.150. The Kier molecular flexibility index (Phi) is 3.70. The lowest BCUT2D eigenvalue weighted by Crippen LogP contribution is -2.60. The van der Waals surface area contributed by atoms with Gasteiger partial charge in [-0.25, -0.2) is 9.67 Å². The van der Waals surface area contributed by atoms with Gasteiger partial charge in [0.2, 0.25) is 11.2 Å². The number of nitrogens with one attached hydrogen (secondary N) is 1. The van der Waals surface area contributed by atoms with E-state index in [0.717, 1.165) is 50.0 Å². The number of hydrogen-bond donors (Lipinski definition) is 1. The highest BCUT2D eigenvalue weighted by atomic mass is 35.5. The van der Waals surface area contributed by atoms with E-state index in [0.29, 0.717) is 11.8 Å². The van der Waals surface area contributed by atoms with Crippen molar-refractivity contribution in [2.45, 2.75) is 64.5 Å². The van der Waals surface area contributed by atoms with Gasteiger partial charge in [-0.3, -0.25) is 9.48 Å². The maximum atomic E-state index is 13.5. The first-order chi connectivity index (χ1) is 12.9. The zero-order valence-corrected chi connectivity index (χ0v) is 16.5. The van der Waals surface area contributed by atoms with E-state index in [1.165, 1.54) is 6.42 Å². The fourth-order valence-electron chi connectivity index (χ4n) is 6.36. The average molecular weight is 389 g/mol. The van der Waals surface area contributed by atoms with Crippen molar-refractivity contribution in [3.05, 3.63) is 23.5 Å². The van der Waals surface area contributed by atoms with Crippen LogP contribution in [0.5, 0.6) is 0 Å². The van der Waals surface area contributed by atoms with E-state index in [-0.39, 0.29) is 22.1 Å². The van der Waals surface area contributed by atoms with Gasteiger partial charge in [0.05, 0.1) is 28.5 Å². The van der Waals surface area contributed by atoms with Gasteiger partial charge in [0, 0.05) is 6.54 Å². The van der Waals surface area contributed by atoms with Crippen LogP contribution in [0.15, 0.2) is 12.5 Å².